The largest absolute Gasteiger partial charge is 0.351 e. The van der Waals surface area contributed by atoms with Gasteiger partial charge in [-0.25, -0.2) is 4.79 Å². The zero-order chi connectivity index (χ0) is 21.7. The highest BCUT2D eigenvalue weighted by Gasteiger charge is 2.33. The second kappa shape index (κ2) is 9.96. The molecule has 3 atom stereocenters. The van der Waals surface area contributed by atoms with Crippen molar-refractivity contribution in [2.75, 3.05) is 27.2 Å². The second-order valence-electron chi connectivity index (χ2n) is 8.76. The summed E-state index contributed by atoms with van der Waals surface area (Å²) in [6, 6.07) is 7.36. The van der Waals surface area contributed by atoms with E-state index in [-0.39, 0.29) is 35.8 Å². The molecule has 2 fully saturated rings. The number of urea groups is 1. The Balaban J connectivity index is 1.61. The van der Waals surface area contributed by atoms with Gasteiger partial charge in [-0.2, -0.15) is 0 Å². The van der Waals surface area contributed by atoms with E-state index in [0.29, 0.717) is 18.7 Å². The second-order valence-corrected chi connectivity index (χ2v) is 8.76. The lowest BCUT2D eigenvalue weighted by Crippen LogP contribution is -2.56. The van der Waals surface area contributed by atoms with E-state index in [1.807, 2.05) is 31.2 Å². The smallest absolute Gasteiger partial charge is 0.319 e. The average molecular weight is 415 g/mol. The molecule has 1 saturated carbocycles. The molecule has 7 heteroatoms. The lowest BCUT2D eigenvalue weighted by atomic mass is 9.88. The minimum atomic E-state index is -0.197. The van der Waals surface area contributed by atoms with E-state index in [4.69, 9.17) is 0 Å². The zero-order valence-electron chi connectivity index (χ0n) is 18.3. The van der Waals surface area contributed by atoms with Gasteiger partial charge in [0.1, 0.15) is 0 Å². The predicted molar refractivity (Wildman–Crippen MR) is 116 cm³/mol. The van der Waals surface area contributed by atoms with E-state index in [1.54, 1.807) is 23.9 Å². The summed E-state index contributed by atoms with van der Waals surface area (Å²) in [7, 11) is 3.46. The molecule has 4 amide bonds. The van der Waals surface area contributed by atoms with Crippen LogP contribution in [0, 0.1) is 12.8 Å². The fourth-order valence-electron chi connectivity index (χ4n) is 4.50. The molecule has 1 aromatic carbocycles. The third-order valence-electron chi connectivity index (χ3n) is 6.25. The molecule has 1 saturated heterocycles. The van der Waals surface area contributed by atoms with Gasteiger partial charge in [-0.15, -0.1) is 0 Å². The minimum Gasteiger partial charge on any atom is -0.351 e. The number of amides is 4. The van der Waals surface area contributed by atoms with Crippen LogP contribution in [0.15, 0.2) is 24.3 Å². The van der Waals surface area contributed by atoms with Crippen LogP contribution in [0.2, 0.25) is 0 Å². The molecule has 0 aromatic heterocycles. The Bertz CT molecular complexity index is 779. The molecule has 1 aliphatic carbocycles. The predicted octanol–water partition coefficient (Wildman–Crippen LogP) is 2.55. The van der Waals surface area contributed by atoms with Crippen molar-refractivity contribution in [3.63, 3.8) is 0 Å². The molecule has 2 aliphatic rings. The van der Waals surface area contributed by atoms with Crippen molar-refractivity contribution in [1.29, 1.82) is 0 Å². The van der Waals surface area contributed by atoms with Gasteiger partial charge >= 0.3 is 6.03 Å². The van der Waals surface area contributed by atoms with Crippen LogP contribution in [0.1, 0.15) is 54.4 Å². The lowest BCUT2D eigenvalue weighted by molar-refractivity contribution is -0.127. The molecule has 0 spiro atoms. The van der Waals surface area contributed by atoms with Gasteiger partial charge < -0.3 is 20.4 Å². The monoisotopic (exact) mass is 414 g/mol. The Labute approximate surface area is 179 Å². The number of carbonyl (C=O) groups excluding carboxylic acids is 3. The number of nitrogens with zero attached hydrogens (tertiary/aromatic N) is 2. The van der Waals surface area contributed by atoms with Gasteiger partial charge in [-0.05, 0) is 44.2 Å². The van der Waals surface area contributed by atoms with Gasteiger partial charge in [0, 0.05) is 44.8 Å². The van der Waals surface area contributed by atoms with Crippen LogP contribution < -0.4 is 10.6 Å². The molecule has 0 radical (unpaired) electrons. The van der Waals surface area contributed by atoms with E-state index >= 15 is 0 Å². The molecule has 0 unspecified atom stereocenters. The zero-order valence-corrected chi connectivity index (χ0v) is 18.3. The first-order chi connectivity index (χ1) is 14.4. The summed E-state index contributed by atoms with van der Waals surface area (Å²) in [4.78, 5) is 41.3. The number of aryl methyl sites for hydroxylation is 1. The van der Waals surface area contributed by atoms with E-state index in [0.717, 1.165) is 44.1 Å². The Morgan fingerprint density at radius 2 is 1.63 bits per heavy atom. The SMILES string of the molecule is Cc1ccccc1C(=O)N[C@@H]1CCCC[C@H]1NC(=O)[C@@H]1CCCN(C(=O)N(C)C)C1. The van der Waals surface area contributed by atoms with E-state index in [1.165, 1.54) is 0 Å². The van der Waals surface area contributed by atoms with Gasteiger partial charge in [-0.3, -0.25) is 9.59 Å². The van der Waals surface area contributed by atoms with Crippen LogP contribution in [-0.4, -0.2) is 66.9 Å². The van der Waals surface area contributed by atoms with Crippen molar-refractivity contribution in [2.24, 2.45) is 5.92 Å². The molecular weight excluding hydrogens is 380 g/mol. The van der Waals surface area contributed by atoms with Crippen molar-refractivity contribution in [1.82, 2.24) is 20.4 Å². The summed E-state index contributed by atoms with van der Waals surface area (Å²) >= 11 is 0. The van der Waals surface area contributed by atoms with Crippen molar-refractivity contribution in [2.45, 2.75) is 57.5 Å². The van der Waals surface area contributed by atoms with Crippen LogP contribution in [0.4, 0.5) is 4.79 Å². The lowest BCUT2D eigenvalue weighted by Gasteiger charge is -2.37. The standard InChI is InChI=1S/C23H34N4O3/c1-16-9-4-5-11-18(16)22(29)25-20-13-7-6-12-19(20)24-21(28)17-10-8-14-27(15-17)23(30)26(2)3/h4-5,9,11,17,19-20H,6-8,10,12-15H2,1-3H3,(H,24,28)(H,25,29)/t17-,19-,20-/m1/s1. The summed E-state index contributed by atoms with van der Waals surface area (Å²) in [5.74, 6) is -0.287. The molecule has 1 aliphatic heterocycles. The average Bonchev–Trinajstić information content (AvgIpc) is 2.74. The molecule has 0 bridgehead atoms. The minimum absolute atomic E-state index is 0.00621. The van der Waals surface area contributed by atoms with Crippen LogP contribution in [0.5, 0.6) is 0 Å². The molecule has 1 aromatic rings. The summed E-state index contributed by atoms with van der Waals surface area (Å²) in [5.41, 5.74) is 1.62. The number of nitrogens with one attached hydrogen (secondary N) is 2. The number of hydrogen-bond acceptors (Lipinski definition) is 3. The van der Waals surface area contributed by atoms with E-state index in [2.05, 4.69) is 10.6 Å². The van der Waals surface area contributed by atoms with Crippen molar-refractivity contribution in [3.05, 3.63) is 35.4 Å². The normalized spacial score (nSPS) is 24.1. The number of hydrogen-bond donors (Lipinski definition) is 2. The highest BCUT2D eigenvalue weighted by Crippen LogP contribution is 2.22. The van der Waals surface area contributed by atoms with Gasteiger partial charge in [-0.1, -0.05) is 31.0 Å². The van der Waals surface area contributed by atoms with Crippen molar-refractivity contribution >= 4 is 17.8 Å². The highest BCUT2D eigenvalue weighted by atomic mass is 16.2. The molecule has 7 nitrogen and oxygen atoms in total. The maximum atomic E-state index is 13.0. The number of benzene rings is 1. The first-order valence-corrected chi connectivity index (χ1v) is 11.0. The topological polar surface area (TPSA) is 81.8 Å². The number of piperidine rings is 1. The van der Waals surface area contributed by atoms with Gasteiger partial charge in [0.2, 0.25) is 5.91 Å². The number of likely N-dealkylation sites (tertiary alicyclic amines) is 1. The Hall–Kier alpha value is -2.57. The summed E-state index contributed by atoms with van der Waals surface area (Å²) in [6.07, 6.45) is 5.42. The Morgan fingerprint density at radius 3 is 2.30 bits per heavy atom. The van der Waals surface area contributed by atoms with Gasteiger partial charge in [0.15, 0.2) is 0 Å². The molecule has 3 rings (SSSR count). The maximum Gasteiger partial charge on any atom is 0.319 e. The van der Waals surface area contributed by atoms with E-state index in [9.17, 15) is 14.4 Å². The van der Waals surface area contributed by atoms with E-state index < -0.39 is 0 Å². The fraction of sp³-hybridized carbons (Fsp3) is 0.609. The molecule has 30 heavy (non-hydrogen) atoms. The molecular formula is C23H34N4O3. The quantitative estimate of drug-likeness (QED) is 0.794. The molecule has 1 heterocycles. The fourth-order valence-corrected chi connectivity index (χ4v) is 4.50. The van der Waals surface area contributed by atoms with Crippen LogP contribution in [0.3, 0.4) is 0 Å². The molecule has 2 N–H and O–H groups in total. The number of carbonyl (C=O) groups is 3. The maximum absolute atomic E-state index is 13.0. The van der Waals surface area contributed by atoms with Crippen LogP contribution in [0.25, 0.3) is 0 Å². The summed E-state index contributed by atoms with van der Waals surface area (Å²) in [6.45, 7) is 3.08. The Morgan fingerprint density at radius 1 is 0.967 bits per heavy atom. The first-order valence-electron chi connectivity index (χ1n) is 11.0. The van der Waals surface area contributed by atoms with Gasteiger partial charge in [0.25, 0.3) is 5.91 Å². The van der Waals surface area contributed by atoms with Crippen molar-refractivity contribution in [3.8, 4) is 0 Å². The summed E-state index contributed by atoms with van der Waals surface area (Å²) in [5, 5.41) is 6.35. The summed E-state index contributed by atoms with van der Waals surface area (Å²) < 4.78 is 0. The van der Waals surface area contributed by atoms with Crippen LogP contribution >= 0.6 is 0 Å². The van der Waals surface area contributed by atoms with Gasteiger partial charge in [0.05, 0.1) is 5.92 Å². The molecule has 164 valence electrons. The highest BCUT2D eigenvalue weighted by molar-refractivity contribution is 5.95. The first kappa shape index (κ1) is 22.1. The third-order valence-corrected chi connectivity index (χ3v) is 6.25. The van der Waals surface area contributed by atoms with Crippen LogP contribution in [-0.2, 0) is 4.79 Å². The third kappa shape index (κ3) is 5.32. The number of rotatable bonds is 4. The Kier molecular flexibility index (Phi) is 7.34. The van der Waals surface area contributed by atoms with Crippen molar-refractivity contribution < 1.29 is 14.4 Å².